The Morgan fingerprint density at radius 3 is 2.05 bits per heavy atom. The molecule has 0 rings (SSSR count). The van der Waals surface area contributed by atoms with Gasteiger partial charge in [-0.1, -0.05) is 32.8 Å². The zero-order valence-electron chi connectivity index (χ0n) is 12.4. The van der Waals surface area contributed by atoms with E-state index in [1.165, 1.54) is 13.0 Å². The summed E-state index contributed by atoms with van der Waals surface area (Å²) < 4.78 is 23.8. The highest BCUT2D eigenvalue weighted by atomic mass is 32.2. The number of unbranched alkanes of at least 4 members (excludes halogenated alkanes) is 2. The van der Waals surface area contributed by atoms with Gasteiger partial charge in [0.15, 0.2) is 9.84 Å². The Bertz CT molecular complexity index is 368. The molecule has 0 aromatic heterocycles. The van der Waals surface area contributed by atoms with E-state index in [9.17, 15) is 13.2 Å². The average Bonchev–Trinajstić information content (AvgIpc) is 2.37. The number of hydrogen-bond acceptors (Lipinski definition) is 3. The van der Waals surface area contributed by atoms with Crippen LogP contribution in [0, 0.1) is 0 Å². The van der Waals surface area contributed by atoms with E-state index in [1.807, 2.05) is 0 Å². The van der Waals surface area contributed by atoms with Crippen LogP contribution < -0.4 is 0 Å². The minimum absolute atomic E-state index is 0.144. The van der Waals surface area contributed by atoms with Gasteiger partial charge in [0, 0.05) is 13.1 Å². The topological polar surface area (TPSA) is 54.5 Å². The highest BCUT2D eigenvalue weighted by Gasteiger charge is 2.30. The smallest absolute Gasteiger partial charge is 0.240 e. The summed E-state index contributed by atoms with van der Waals surface area (Å²) in [5.74, 6) is -0.418. The maximum absolute atomic E-state index is 12.3. The van der Waals surface area contributed by atoms with Crippen molar-refractivity contribution in [2.24, 2.45) is 0 Å². The van der Waals surface area contributed by atoms with E-state index in [1.54, 1.807) is 4.90 Å². The standard InChI is InChI=1S/C14H27NO3S/c1-5-8-10-15(11-9-6-2)14(16)13(4)19(17,18)12-7-3/h7,13H,3,5-6,8-12H2,1-2,4H3. The first kappa shape index (κ1) is 18.2. The van der Waals surface area contributed by atoms with Crippen molar-refractivity contribution >= 4 is 15.7 Å². The first-order valence-corrected chi connectivity index (χ1v) is 8.73. The molecule has 19 heavy (non-hydrogen) atoms. The molecule has 4 nitrogen and oxygen atoms in total. The molecule has 0 saturated carbocycles. The van der Waals surface area contributed by atoms with E-state index >= 15 is 0 Å². The molecular formula is C14H27NO3S. The molecule has 0 fully saturated rings. The molecule has 0 bridgehead atoms. The van der Waals surface area contributed by atoms with Gasteiger partial charge in [-0.15, -0.1) is 6.58 Å². The van der Waals surface area contributed by atoms with Crippen LogP contribution >= 0.6 is 0 Å². The zero-order chi connectivity index (χ0) is 14.9. The Morgan fingerprint density at radius 2 is 1.68 bits per heavy atom. The molecule has 0 spiro atoms. The fourth-order valence-electron chi connectivity index (χ4n) is 1.75. The van der Waals surface area contributed by atoms with Crippen molar-refractivity contribution in [1.82, 2.24) is 4.90 Å². The van der Waals surface area contributed by atoms with Crippen LogP contribution in [-0.4, -0.2) is 43.3 Å². The molecule has 0 N–H and O–H groups in total. The van der Waals surface area contributed by atoms with Gasteiger partial charge < -0.3 is 4.90 Å². The maximum Gasteiger partial charge on any atom is 0.240 e. The van der Waals surface area contributed by atoms with Gasteiger partial charge in [-0.05, 0) is 19.8 Å². The SMILES string of the molecule is C=CCS(=O)(=O)C(C)C(=O)N(CCCC)CCCC. The molecule has 5 heteroatoms. The normalized spacial score (nSPS) is 13.0. The molecule has 0 aromatic rings. The molecule has 0 saturated heterocycles. The van der Waals surface area contributed by atoms with Crippen LogP contribution in [0.2, 0.25) is 0 Å². The molecule has 0 radical (unpaired) electrons. The van der Waals surface area contributed by atoms with Gasteiger partial charge >= 0.3 is 0 Å². The number of carbonyl (C=O) groups is 1. The number of nitrogens with zero attached hydrogens (tertiary/aromatic N) is 1. The van der Waals surface area contributed by atoms with Gasteiger partial charge in [-0.2, -0.15) is 0 Å². The van der Waals surface area contributed by atoms with E-state index in [0.29, 0.717) is 13.1 Å². The predicted molar refractivity (Wildman–Crippen MR) is 79.8 cm³/mol. The summed E-state index contributed by atoms with van der Waals surface area (Å²) in [5, 5.41) is -0.973. The largest absolute Gasteiger partial charge is 0.342 e. The van der Waals surface area contributed by atoms with Gasteiger partial charge in [0.2, 0.25) is 5.91 Å². The molecule has 1 unspecified atom stereocenters. The Morgan fingerprint density at radius 1 is 1.21 bits per heavy atom. The minimum Gasteiger partial charge on any atom is -0.342 e. The van der Waals surface area contributed by atoms with Crippen molar-refractivity contribution < 1.29 is 13.2 Å². The summed E-state index contributed by atoms with van der Waals surface area (Å²) >= 11 is 0. The number of sulfone groups is 1. The summed E-state index contributed by atoms with van der Waals surface area (Å²) in [6, 6.07) is 0. The molecule has 1 atom stereocenters. The van der Waals surface area contributed by atoms with E-state index in [-0.39, 0.29) is 11.7 Å². The lowest BCUT2D eigenvalue weighted by Gasteiger charge is -2.25. The lowest BCUT2D eigenvalue weighted by molar-refractivity contribution is -0.130. The van der Waals surface area contributed by atoms with E-state index in [2.05, 4.69) is 20.4 Å². The van der Waals surface area contributed by atoms with E-state index in [4.69, 9.17) is 0 Å². The fraction of sp³-hybridized carbons (Fsp3) is 0.786. The lowest BCUT2D eigenvalue weighted by Crippen LogP contribution is -2.43. The Hall–Kier alpha value is -0.840. The van der Waals surface area contributed by atoms with Crippen LogP contribution in [0.1, 0.15) is 46.5 Å². The molecule has 0 aliphatic carbocycles. The van der Waals surface area contributed by atoms with Gasteiger partial charge in [0.25, 0.3) is 0 Å². The third-order valence-electron chi connectivity index (χ3n) is 3.11. The molecule has 1 amide bonds. The molecule has 0 aliphatic rings. The zero-order valence-corrected chi connectivity index (χ0v) is 13.2. The monoisotopic (exact) mass is 289 g/mol. The van der Waals surface area contributed by atoms with Crippen LogP contribution in [0.15, 0.2) is 12.7 Å². The van der Waals surface area contributed by atoms with Crippen LogP contribution in [-0.2, 0) is 14.6 Å². The summed E-state index contributed by atoms with van der Waals surface area (Å²) in [6.07, 6.45) is 5.13. The summed E-state index contributed by atoms with van der Waals surface area (Å²) in [6.45, 7) is 10.3. The van der Waals surface area contributed by atoms with Gasteiger partial charge in [-0.25, -0.2) is 8.42 Å². The third kappa shape index (κ3) is 6.23. The quantitative estimate of drug-likeness (QED) is 0.580. The molecule has 0 aromatic carbocycles. The molecule has 112 valence electrons. The van der Waals surface area contributed by atoms with Crippen molar-refractivity contribution in [1.29, 1.82) is 0 Å². The minimum atomic E-state index is -3.41. The third-order valence-corrected chi connectivity index (χ3v) is 5.09. The fourth-order valence-corrected chi connectivity index (χ4v) is 2.82. The summed E-state index contributed by atoms with van der Waals surface area (Å²) in [7, 11) is -3.41. The molecular weight excluding hydrogens is 262 g/mol. The molecule has 0 heterocycles. The van der Waals surface area contributed by atoms with Crippen molar-refractivity contribution in [3.05, 3.63) is 12.7 Å². The van der Waals surface area contributed by atoms with Gasteiger partial charge in [0.1, 0.15) is 5.25 Å². The summed E-state index contributed by atoms with van der Waals surface area (Å²) in [5.41, 5.74) is 0. The van der Waals surface area contributed by atoms with Crippen LogP contribution in [0.5, 0.6) is 0 Å². The highest BCUT2D eigenvalue weighted by molar-refractivity contribution is 7.92. The first-order valence-electron chi connectivity index (χ1n) is 7.01. The lowest BCUT2D eigenvalue weighted by atomic mass is 10.2. The van der Waals surface area contributed by atoms with Crippen molar-refractivity contribution in [2.45, 2.75) is 51.7 Å². The Balaban J connectivity index is 4.80. The number of carbonyl (C=O) groups excluding carboxylic acids is 1. The van der Waals surface area contributed by atoms with Crippen molar-refractivity contribution in [3.63, 3.8) is 0 Å². The Kier molecular flexibility index (Phi) is 8.72. The highest BCUT2D eigenvalue weighted by Crippen LogP contribution is 2.09. The average molecular weight is 289 g/mol. The second kappa shape index (κ2) is 9.13. The van der Waals surface area contributed by atoms with Gasteiger partial charge in [-0.3, -0.25) is 4.79 Å². The number of hydrogen-bond donors (Lipinski definition) is 0. The predicted octanol–water partition coefficient (Wildman–Crippen LogP) is 2.40. The summed E-state index contributed by atoms with van der Waals surface area (Å²) in [4.78, 5) is 14.0. The number of rotatable bonds is 10. The van der Waals surface area contributed by atoms with Crippen LogP contribution in [0.4, 0.5) is 0 Å². The molecule has 0 aliphatic heterocycles. The second-order valence-corrected chi connectivity index (χ2v) is 7.16. The van der Waals surface area contributed by atoms with E-state index in [0.717, 1.165) is 25.7 Å². The first-order chi connectivity index (χ1) is 8.90. The van der Waals surface area contributed by atoms with Crippen molar-refractivity contribution in [3.8, 4) is 0 Å². The maximum atomic E-state index is 12.3. The second-order valence-electron chi connectivity index (χ2n) is 4.79. The van der Waals surface area contributed by atoms with Crippen LogP contribution in [0.3, 0.4) is 0 Å². The van der Waals surface area contributed by atoms with Crippen molar-refractivity contribution in [2.75, 3.05) is 18.8 Å². The van der Waals surface area contributed by atoms with E-state index < -0.39 is 15.1 Å². The number of amides is 1. The Labute approximate surface area is 117 Å². The van der Waals surface area contributed by atoms with Crippen LogP contribution in [0.25, 0.3) is 0 Å². The van der Waals surface area contributed by atoms with Gasteiger partial charge in [0.05, 0.1) is 5.75 Å².